The molecule has 0 atom stereocenters. The summed E-state index contributed by atoms with van der Waals surface area (Å²) in [5, 5.41) is 21.2. The van der Waals surface area contributed by atoms with Crippen LogP contribution in [0.5, 0.6) is 5.75 Å². The fraction of sp³-hybridized carbons (Fsp3) is 0.200. The van der Waals surface area contributed by atoms with Crippen LogP contribution >= 0.6 is 0 Å². The van der Waals surface area contributed by atoms with Gasteiger partial charge in [0.2, 0.25) is 0 Å². The molecular weight excluding hydrogens is 272 g/mol. The third kappa shape index (κ3) is 2.74. The molecule has 0 bridgehead atoms. The molecule has 2 aromatic rings. The quantitative estimate of drug-likeness (QED) is 0.756. The number of anilines is 1. The van der Waals surface area contributed by atoms with Crippen molar-refractivity contribution in [1.29, 1.82) is 0 Å². The first-order valence-corrected chi connectivity index (χ1v) is 6.32. The van der Waals surface area contributed by atoms with Crippen LogP contribution in [0, 0.1) is 13.8 Å². The summed E-state index contributed by atoms with van der Waals surface area (Å²) in [4.78, 5) is 23.2. The van der Waals surface area contributed by atoms with E-state index in [1.165, 1.54) is 18.2 Å². The molecule has 0 aliphatic rings. The zero-order valence-electron chi connectivity index (χ0n) is 12.0. The minimum Gasteiger partial charge on any atom is -0.506 e. The molecule has 1 heterocycles. The maximum Gasteiger partial charge on any atom is 0.335 e. The Hall–Kier alpha value is -2.76. The Labute approximate surface area is 121 Å². The second kappa shape index (κ2) is 5.32. The number of carboxylic acid groups (broad SMARTS) is 1. The Morgan fingerprint density at radius 2 is 1.86 bits per heavy atom. The standard InChI is InChI=1S/C15H16N2O4/c1-8-6-11(9(2)17(8)3)14(19)16-12-7-10(15(20)21)4-5-13(12)18/h4-7,18H,1-3H3,(H,16,19)(H,20,21). The lowest BCUT2D eigenvalue weighted by Gasteiger charge is -2.08. The van der Waals surface area contributed by atoms with E-state index in [1.807, 2.05) is 25.5 Å². The minimum absolute atomic E-state index is 0.0101. The second-order valence-corrected chi connectivity index (χ2v) is 4.84. The van der Waals surface area contributed by atoms with Gasteiger partial charge in [0.05, 0.1) is 16.8 Å². The Bertz CT molecular complexity index is 732. The summed E-state index contributed by atoms with van der Waals surface area (Å²) in [6, 6.07) is 5.47. The Morgan fingerprint density at radius 1 is 1.19 bits per heavy atom. The molecule has 1 aromatic heterocycles. The molecule has 1 aromatic carbocycles. The molecule has 2 rings (SSSR count). The number of phenolic OH excluding ortho intramolecular Hbond substituents is 1. The molecule has 0 radical (unpaired) electrons. The van der Waals surface area contributed by atoms with Crippen molar-refractivity contribution in [2.24, 2.45) is 7.05 Å². The lowest BCUT2D eigenvalue weighted by Crippen LogP contribution is -2.13. The first-order valence-electron chi connectivity index (χ1n) is 6.32. The minimum atomic E-state index is -1.13. The van der Waals surface area contributed by atoms with Crippen molar-refractivity contribution in [2.45, 2.75) is 13.8 Å². The highest BCUT2D eigenvalue weighted by Crippen LogP contribution is 2.25. The Kier molecular flexibility index (Phi) is 3.71. The molecule has 6 heteroatoms. The number of carbonyl (C=O) groups excluding carboxylic acids is 1. The number of aryl methyl sites for hydroxylation is 1. The van der Waals surface area contributed by atoms with Gasteiger partial charge in [-0.3, -0.25) is 4.79 Å². The van der Waals surface area contributed by atoms with Crippen LogP contribution in [-0.4, -0.2) is 26.7 Å². The first kappa shape index (κ1) is 14.6. The van der Waals surface area contributed by atoms with Gasteiger partial charge in [0, 0.05) is 18.4 Å². The molecule has 0 aliphatic carbocycles. The molecule has 0 fully saturated rings. The number of phenols is 1. The number of carbonyl (C=O) groups is 2. The van der Waals surface area contributed by atoms with Crippen molar-refractivity contribution in [3.8, 4) is 5.75 Å². The van der Waals surface area contributed by atoms with Crippen molar-refractivity contribution >= 4 is 17.6 Å². The lowest BCUT2D eigenvalue weighted by molar-refractivity contribution is 0.0696. The van der Waals surface area contributed by atoms with E-state index < -0.39 is 11.9 Å². The summed E-state index contributed by atoms with van der Waals surface area (Å²) >= 11 is 0. The molecule has 6 nitrogen and oxygen atoms in total. The number of hydrogen-bond donors (Lipinski definition) is 3. The third-order valence-electron chi connectivity index (χ3n) is 3.51. The number of benzene rings is 1. The Balaban J connectivity index is 2.33. The predicted octanol–water partition coefficient (Wildman–Crippen LogP) is 2.30. The number of rotatable bonds is 3. The van der Waals surface area contributed by atoms with Gasteiger partial charge in [0.25, 0.3) is 5.91 Å². The Morgan fingerprint density at radius 3 is 2.38 bits per heavy atom. The monoisotopic (exact) mass is 288 g/mol. The van der Waals surface area contributed by atoms with Crippen molar-refractivity contribution in [3.05, 3.63) is 46.8 Å². The van der Waals surface area contributed by atoms with Crippen LogP contribution in [0.3, 0.4) is 0 Å². The fourth-order valence-corrected chi connectivity index (χ4v) is 2.04. The largest absolute Gasteiger partial charge is 0.506 e. The SMILES string of the molecule is Cc1cc(C(=O)Nc2cc(C(=O)O)ccc2O)c(C)n1C. The van der Waals surface area contributed by atoms with E-state index in [4.69, 9.17) is 5.11 Å². The molecule has 0 unspecified atom stereocenters. The topological polar surface area (TPSA) is 91.6 Å². The summed E-state index contributed by atoms with van der Waals surface area (Å²) in [5.74, 6) is -1.70. The van der Waals surface area contributed by atoms with Gasteiger partial charge in [0.15, 0.2) is 0 Å². The summed E-state index contributed by atoms with van der Waals surface area (Å²) in [5.41, 5.74) is 2.26. The molecule has 0 saturated carbocycles. The third-order valence-corrected chi connectivity index (χ3v) is 3.51. The number of amides is 1. The van der Waals surface area contributed by atoms with Crippen molar-refractivity contribution < 1.29 is 19.8 Å². The number of aromatic hydroxyl groups is 1. The molecule has 21 heavy (non-hydrogen) atoms. The van der Waals surface area contributed by atoms with Gasteiger partial charge in [0.1, 0.15) is 5.75 Å². The molecule has 0 aliphatic heterocycles. The van der Waals surface area contributed by atoms with Gasteiger partial charge >= 0.3 is 5.97 Å². The van der Waals surface area contributed by atoms with E-state index in [0.717, 1.165) is 11.4 Å². The molecule has 0 spiro atoms. The zero-order chi connectivity index (χ0) is 15.7. The zero-order valence-corrected chi connectivity index (χ0v) is 12.0. The van der Waals surface area contributed by atoms with Crippen LogP contribution in [0.1, 0.15) is 32.1 Å². The van der Waals surface area contributed by atoms with Crippen molar-refractivity contribution in [3.63, 3.8) is 0 Å². The second-order valence-electron chi connectivity index (χ2n) is 4.84. The average molecular weight is 288 g/mol. The summed E-state index contributed by atoms with van der Waals surface area (Å²) in [6.45, 7) is 3.70. The first-order chi connectivity index (χ1) is 9.81. The highest BCUT2D eigenvalue weighted by Gasteiger charge is 2.16. The number of hydrogen-bond acceptors (Lipinski definition) is 3. The smallest absolute Gasteiger partial charge is 0.335 e. The lowest BCUT2D eigenvalue weighted by atomic mass is 10.1. The van der Waals surface area contributed by atoms with Crippen LogP contribution in [0.15, 0.2) is 24.3 Å². The number of carboxylic acids is 1. The molecular formula is C15H16N2O4. The van der Waals surface area contributed by atoms with Gasteiger partial charge in [-0.25, -0.2) is 4.79 Å². The van der Waals surface area contributed by atoms with Crippen molar-refractivity contribution in [2.75, 3.05) is 5.32 Å². The van der Waals surface area contributed by atoms with E-state index in [2.05, 4.69) is 5.32 Å². The fourth-order valence-electron chi connectivity index (χ4n) is 2.04. The average Bonchev–Trinajstić information content (AvgIpc) is 2.68. The van der Waals surface area contributed by atoms with E-state index in [9.17, 15) is 14.7 Å². The summed E-state index contributed by atoms with van der Waals surface area (Å²) in [6.07, 6.45) is 0. The number of nitrogens with zero attached hydrogens (tertiary/aromatic N) is 1. The van der Waals surface area contributed by atoms with Gasteiger partial charge in [-0.15, -0.1) is 0 Å². The van der Waals surface area contributed by atoms with E-state index in [-0.39, 0.29) is 17.0 Å². The number of aromatic nitrogens is 1. The van der Waals surface area contributed by atoms with Crippen LogP contribution in [0.4, 0.5) is 5.69 Å². The van der Waals surface area contributed by atoms with Crippen molar-refractivity contribution in [1.82, 2.24) is 4.57 Å². The van der Waals surface area contributed by atoms with Gasteiger partial charge < -0.3 is 20.1 Å². The van der Waals surface area contributed by atoms with Gasteiger partial charge in [-0.2, -0.15) is 0 Å². The van der Waals surface area contributed by atoms with E-state index in [0.29, 0.717) is 5.56 Å². The predicted molar refractivity (Wildman–Crippen MR) is 77.9 cm³/mol. The molecule has 3 N–H and O–H groups in total. The summed E-state index contributed by atoms with van der Waals surface area (Å²) in [7, 11) is 1.85. The maximum atomic E-state index is 12.3. The maximum absolute atomic E-state index is 12.3. The molecule has 1 amide bonds. The van der Waals surface area contributed by atoms with E-state index in [1.54, 1.807) is 6.07 Å². The number of nitrogens with one attached hydrogen (secondary N) is 1. The molecule has 110 valence electrons. The van der Waals surface area contributed by atoms with Gasteiger partial charge in [-0.1, -0.05) is 0 Å². The van der Waals surface area contributed by atoms with Crippen LogP contribution < -0.4 is 5.32 Å². The normalized spacial score (nSPS) is 10.4. The highest BCUT2D eigenvalue weighted by atomic mass is 16.4. The summed E-state index contributed by atoms with van der Waals surface area (Å²) < 4.78 is 1.88. The van der Waals surface area contributed by atoms with Crippen LogP contribution in [0.25, 0.3) is 0 Å². The van der Waals surface area contributed by atoms with Crippen LogP contribution in [0.2, 0.25) is 0 Å². The number of aromatic carboxylic acids is 1. The van der Waals surface area contributed by atoms with Crippen LogP contribution in [-0.2, 0) is 7.05 Å². The van der Waals surface area contributed by atoms with Gasteiger partial charge in [-0.05, 0) is 38.1 Å². The molecule has 0 saturated heterocycles. The van der Waals surface area contributed by atoms with E-state index >= 15 is 0 Å². The highest BCUT2D eigenvalue weighted by molar-refractivity contribution is 6.06.